The van der Waals surface area contributed by atoms with Gasteiger partial charge in [0.1, 0.15) is 11.2 Å². The Bertz CT molecular complexity index is 394. The average molecular weight is 270 g/mol. The molecule has 1 rings (SSSR count). The van der Waals surface area contributed by atoms with E-state index in [2.05, 4.69) is 5.10 Å². The summed E-state index contributed by atoms with van der Waals surface area (Å²) in [6.07, 6.45) is 3.96. The number of hydrazone groups is 1. The van der Waals surface area contributed by atoms with Gasteiger partial charge in [-0.05, 0) is 32.6 Å². The van der Waals surface area contributed by atoms with Crippen LogP contribution in [-0.4, -0.2) is 29.6 Å². The predicted octanol–water partition coefficient (Wildman–Crippen LogP) is 1.72. The van der Waals surface area contributed by atoms with E-state index in [4.69, 9.17) is 4.74 Å². The molecule has 1 unspecified atom stereocenters. The molecule has 0 aromatic carbocycles. The molecule has 0 aromatic heterocycles. The summed E-state index contributed by atoms with van der Waals surface area (Å²) < 4.78 is 5.00. The quantitative estimate of drug-likeness (QED) is 0.240. The number of nitrogens with zero attached hydrogens (tertiary/aromatic N) is 2. The fourth-order valence-electron chi connectivity index (χ4n) is 2.38. The number of Topliss-reactive ketones (excluding diaryl/α,β-unsaturated/α-hetero) is 1. The summed E-state index contributed by atoms with van der Waals surface area (Å²) in [5.74, 6) is -0.624. The Hall–Kier alpha value is -1.79. The van der Waals surface area contributed by atoms with Crippen molar-refractivity contribution in [2.75, 3.05) is 6.61 Å². The van der Waals surface area contributed by atoms with Crippen LogP contribution < -0.4 is 0 Å². The molecule has 0 N–H and O–H groups in total. The highest BCUT2D eigenvalue weighted by Crippen LogP contribution is 2.38. The highest BCUT2D eigenvalue weighted by atomic mass is 16.7. The third-order valence-electron chi connectivity index (χ3n) is 3.33. The number of ketones is 1. The summed E-state index contributed by atoms with van der Waals surface area (Å²) in [6.45, 7) is 1.91. The number of carbonyl (C=O) groups is 2. The molecule has 7 heteroatoms. The van der Waals surface area contributed by atoms with E-state index >= 15 is 0 Å². The summed E-state index contributed by atoms with van der Waals surface area (Å²) in [5.41, 5.74) is -1.13. The minimum absolute atomic E-state index is 0.119. The van der Waals surface area contributed by atoms with Crippen LogP contribution in [0.2, 0.25) is 0 Å². The minimum Gasteiger partial charge on any atom is -0.465 e. The van der Waals surface area contributed by atoms with Crippen molar-refractivity contribution in [3.05, 3.63) is 10.1 Å². The van der Waals surface area contributed by atoms with Crippen molar-refractivity contribution in [2.45, 2.75) is 45.4 Å². The van der Waals surface area contributed by atoms with Crippen LogP contribution in [0, 0.1) is 15.5 Å². The van der Waals surface area contributed by atoms with Crippen molar-refractivity contribution in [1.29, 1.82) is 0 Å². The second kappa shape index (κ2) is 6.96. The summed E-state index contributed by atoms with van der Waals surface area (Å²) in [7, 11) is 0. The van der Waals surface area contributed by atoms with Gasteiger partial charge in [-0.1, -0.05) is 6.42 Å². The lowest BCUT2D eigenvalue weighted by atomic mass is 9.70. The number of ether oxygens (including phenoxy) is 1. The molecule has 0 spiro atoms. The maximum absolute atomic E-state index is 12.1. The molecule has 0 bridgehead atoms. The Balaban J connectivity index is 2.77. The second-order valence-electron chi connectivity index (χ2n) is 4.51. The zero-order chi connectivity index (χ0) is 14.3. The van der Waals surface area contributed by atoms with Crippen molar-refractivity contribution in [3.8, 4) is 0 Å². The number of nitro groups is 1. The molecule has 1 fully saturated rings. The lowest BCUT2D eigenvalue weighted by molar-refractivity contribution is -0.484. The first-order chi connectivity index (χ1) is 9.03. The number of esters is 1. The van der Waals surface area contributed by atoms with Gasteiger partial charge in [-0.2, -0.15) is 0 Å². The molecule has 0 aromatic rings. The first-order valence-electron chi connectivity index (χ1n) is 6.40. The van der Waals surface area contributed by atoms with E-state index in [9.17, 15) is 19.7 Å². The van der Waals surface area contributed by atoms with E-state index in [0.29, 0.717) is 12.8 Å². The zero-order valence-electron chi connectivity index (χ0n) is 11.0. The van der Waals surface area contributed by atoms with Crippen LogP contribution in [0.4, 0.5) is 0 Å². The summed E-state index contributed by atoms with van der Waals surface area (Å²) in [6, 6.07) is 0. The smallest absolute Gasteiger partial charge is 0.319 e. The van der Waals surface area contributed by atoms with Crippen LogP contribution in [0.1, 0.15) is 45.4 Å². The van der Waals surface area contributed by atoms with Gasteiger partial charge in [-0.25, -0.2) is 10.1 Å². The van der Waals surface area contributed by atoms with Crippen LogP contribution in [-0.2, 0) is 14.3 Å². The molecule has 7 nitrogen and oxygen atoms in total. The van der Waals surface area contributed by atoms with Crippen LogP contribution in [0.5, 0.6) is 0 Å². The molecule has 0 aliphatic heterocycles. The van der Waals surface area contributed by atoms with Crippen molar-refractivity contribution in [2.24, 2.45) is 10.5 Å². The van der Waals surface area contributed by atoms with Crippen LogP contribution in [0.3, 0.4) is 0 Å². The van der Waals surface area contributed by atoms with Gasteiger partial charge in [-0.3, -0.25) is 9.59 Å². The Morgan fingerprint density at radius 3 is 2.89 bits per heavy atom. The van der Waals surface area contributed by atoms with E-state index in [1.54, 1.807) is 6.92 Å². The number of hydrogen-bond acceptors (Lipinski definition) is 5. The Kier molecular flexibility index (Phi) is 5.59. The third kappa shape index (κ3) is 3.84. The first-order valence-corrected chi connectivity index (χ1v) is 6.40. The molecule has 1 saturated carbocycles. The van der Waals surface area contributed by atoms with Gasteiger partial charge < -0.3 is 4.74 Å². The molecule has 1 aliphatic rings. The Morgan fingerprint density at radius 1 is 1.58 bits per heavy atom. The zero-order valence-corrected chi connectivity index (χ0v) is 11.0. The molecule has 0 saturated heterocycles. The summed E-state index contributed by atoms with van der Waals surface area (Å²) in [4.78, 5) is 34.2. The standard InChI is InChI=1S/C12H18N2O5/c1-2-19-11(16)12(7-4-3-6-10(12)15)8-5-9-13-14(17)18/h9H,2-8H2,1H3/b13-9-. The fraction of sp³-hybridized carbons (Fsp3) is 0.750. The van der Waals surface area contributed by atoms with Gasteiger partial charge in [0, 0.05) is 6.42 Å². The maximum Gasteiger partial charge on any atom is 0.319 e. The molecule has 0 heterocycles. The molecule has 106 valence electrons. The van der Waals surface area contributed by atoms with Crippen molar-refractivity contribution < 1.29 is 19.4 Å². The number of rotatable bonds is 6. The van der Waals surface area contributed by atoms with Crippen LogP contribution in [0.25, 0.3) is 0 Å². The first kappa shape index (κ1) is 15.3. The fourth-order valence-corrected chi connectivity index (χ4v) is 2.38. The van der Waals surface area contributed by atoms with E-state index in [1.165, 1.54) is 0 Å². The topological polar surface area (TPSA) is 98.9 Å². The molecule has 19 heavy (non-hydrogen) atoms. The lowest BCUT2D eigenvalue weighted by Gasteiger charge is -2.32. The van der Waals surface area contributed by atoms with Gasteiger partial charge in [0.2, 0.25) is 0 Å². The monoisotopic (exact) mass is 270 g/mol. The third-order valence-corrected chi connectivity index (χ3v) is 3.33. The van der Waals surface area contributed by atoms with E-state index < -0.39 is 16.4 Å². The molecular weight excluding hydrogens is 252 g/mol. The molecule has 1 aliphatic carbocycles. The van der Waals surface area contributed by atoms with Crippen molar-refractivity contribution in [3.63, 3.8) is 0 Å². The largest absolute Gasteiger partial charge is 0.465 e. The highest BCUT2D eigenvalue weighted by molar-refractivity contribution is 6.04. The van der Waals surface area contributed by atoms with Gasteiger partial charge >= 0.3 is 5.97 Å². The van der Waals surface area contributed by atoms with Crippen LogP contribution in [0.15, 0.2) is 5.10 Å². The van der Waals surface area contributed by atoms with Gasteiger partial charge in [-0.15, -0.1) is 0 Å². The van der Waals surface area contributed by atoms with Gasteiger partial charge in [0.05, 0.1) is 17.9 Å². The second-order valence-corrected chi connectivity index (χ2v) is 4.51. The van der Waals surface area contributed by atoms with Gasteiger partial charge in [0.15, 0.2) is 5.03 Å². The number of hydrogen-bond donors (Lipinski definition) is 0. The predicted molar refractivity (Wildman–Crippen MR) is 67.3 cm³/mol. The lowest BCUT2D eigenvalue weighted by Crippen LogP contribution is -2.43. The molecule has 0 amide bonds. The summed E-state index contributed by atoms with van der Waals surface area (Å²) >= 11 is 0. The van der Waals surface area contributed by atoms with E-state index in [-0.39, 0.29) is 25.2 Å². The van der Waals surface area contributed by atoms with Gasteiger partial charge in [0.25, 0.3) is 0 Å². The molecule has 1 atom stereocenters. The van der Waals surface area contributed by atoms with E-state index in [0.717, 1.165) is 19.1 Å². The SMILES string of the molecule is CCOC(=O)C1(CC/C=N\[N+](=O)[O-])CCCCC1=O. The average Bonchev–Trinajstić information content (AvgIpc) is 2.37. The summed E-state index contributed by atoms with van der Waals surface area (Å²) in [5, 5.41) is 12.3. The Morgan fingerprint density at radius 2 is 2.32 bits per heavy atom. The van der Waals surface area contributed by atoms with Crippen molar-refractivity contribution >= 4 is 18.0 Å². The minimum atomic E-state index is -1.13. The maximum atomic E-state index is 12.1. The van der Waals surface area contributed by atoms with Crippen molar-refractivity contribution in [1.82, 2.24) is 0 Å². The van der Waals surface area contributed by atoms with Crippen LogP contribution >= 0.6 is 0 Å². The van der Waals surface area contributed by atoms with E-state index in [1.807, 2.05) is 0 Å². The highest BCUT2D eigenvalue weighted by Gasteiger charge is 2.47. The normalized spacial score (nSPS) is 23.5. The number of carbonyl (C=O) groups excluding carboxylic acids is 2. The molecular formula is C12H18N2O5. The Labute approximate surface area is 111 Å². The molecule has 0 radical (unpaired) electrons.